The molecule has 0 radical (unpaired) electrons. The van der Waals surface area contributed by atoms with E-state index < -0.39 is 0 Å². The highest BCUT2D eigenvalue weighted by Crippen LogP contribution is 2.24. The Kier molecular flexibility index (Phi) is 2.48. The third-order valence-electron chi connectivity index (χ3n) is 2.36. The van der Waals surface area contributed by atoms with Crippen LogP contribution < -0.4 is 11.4 Å². The van der Waals surface area contributed by atoms with Crippen LogP contribution in [0.15, 0.2) is 29.1 Å². The maximum atomic E-state index is 11.3. The van der Waals surface area contributed by atoms with Gasteiger partial charge in [0.15, 0.2) is 0 Å². The maximum Gasteiger partial charge on any atom is 0.345 e. The second kappa shape index (κ2) is 3.81. The molecule has 1 aromatic carbocycles. The first kappa shape index (κ1) is 10.4. The van der Waals surface area contributed by atoms with Gasteiger partial charge in [-0.25, -0.2) is 4.79 Å². The molecular formula is C12H13N3O. The van der Waals surface area contributed by atoms with Crippen molar-refractivity contribution in [2.24, 2.45) is 0 Å². The van der Waals surface area contributed by atoms with Gasteiger partial charge >= 0.3 is 5.69 Å². The summed E-state index contributed by atoms with van der Waals surface area (Å²) in [6.07, 6.45) is 0. The summed E-state index contributed by atoms with van der Waals surface area (Å²) in [6.45, 7) is 3.79. The summed E-state index contributed by atoms with van der Waals surface area (Å²) in [7, 11) is 0. The van der Waals surface area contributed by atoms with E-state index in [2.05, 4.69) is 9.97 Å². The Morgan fingerprint density at radius 3 is 2.69 bits per heavy atom. The molecule has 82 valence electrons. The van der Waals surface area contributed by atoms with Crippen LogP contribution in [0.4, 0.5) is 5.69 Å². The second-order valence-corrected chi connectivity index (χ2v) is 3.85. The number of nitrogens with two attached hydrogens (primary N) is 1. The standard InChI is InChI=1S/C12H13N3O/c1-7-3-4-10(13)9(5-7)11-6-8(2)14-12(16)15-11/h3-6H,13H2,1-2H3,(H,14,15,16). The van der Waals surface area contributed by atoms with E-state index in [1.807, 2.05) is 38.1 Å². The van der Waals surface area contributed by atoms with Crippen molar-refractivity contribution in [3.05, 3.63) is 46.0 Å². The molecule has 0 bridgehead atoms. The number of nitrogens with zero attached hydrogens (tertiary/aromatic N) is 1. The average Bonchev–Trinajstić information content (AvgIpc) is 2.20. The first-order valence-corrected chi connectivity index (χ1v) is 5.01. The number of H-pyrrole nitrogens is 1. The van der Waals surface area contributed by atoms with E-state index in [4.69, 9.17) is 5.73 Å². The number of hydrogen-bond donors (Lipinski definition) is 2. The molecule has 0 aliphatic heterocycles. The summed E-state index contributed by atoms with van der Waals surface area (Å²) in [5.41, 5.74) is 9.42. The van der Waals surface area contributed by atoms with Gasteiger partial charge in [-0.15, -0.1) is 0 Å². The van der Waals surface area contributed by atoms with Crippen molar-refractivity contribution in [3.63, 3.8) is 0 Å². The minimum Gasteiger partial charge on any atom is -0.398 e. The lowest BCUT2D eigenvalue weighted by Crippen LogP contribution is -2.12. The largest absolute Gasteiger partial charge is 0.398 e. The van der Waals surface area contributed by atoms with Gasteiger partial charge in [0.05, 0.1) is 5.69 Å². The minimum atomic E-state index is -0.351. The predicted octanol–water partition coefficient (Wildman–Crippen LogP) is 1.64. The van der Waals surface area contributed by atoms with Crippen LogP contribution in [0.2, 0.25) is 0 Å². The van der Waals surface area contributed by atoms with Gasteiger partial charge in [-0.05, 0) is 32.0 Å². The SMILES string of the molecule is Cc1ccc(N)c(-c2cc(C)[nH]c(=O)n2)c1. The number of aryl methyl sites for hydroxylation is 2. The lowest BCUT2D eigenvalue weighted by molar-refractivity contribution is 1.03. The lowest BCUT2D eigenvalue weighted by atomic mass is 10.1. The summed E-state index contributed by atoms with van der Waals surface area (Å²) < 4.78 is 0. The van der Waals surface area contributed by atoms with Gasteiger partial charge in [-0.3, -0.25) is 0 Å². The first-order valence-electron chi connectivity index (χ1n) is 5.01. The van der Waals surface area contributed by atoms with Crippen LogP contribution in [-0.2, 0) is 0 Å². The van der Waals surface area contributed by atoms with Gasteiger partial charge in [0, 0.05) is 16.9 Å². The zero-order chi connectivity index (χ0) is 11.7. The van der Waals surface area contributed by atoms with E-state index in [-0.39, 0.29) is 5.69 Å². The quantitative estimate of drug-likeness (QED) is 0.710. The van der Waals surface area contributed by atoms with Crippen molar-refractivity contribution in [2.45, 2.75) is 13.8 Å². The fourth-order valence-corrected chi connectivity index (χ4v) is 1.61. The van der Waals surface area contributed by atoms with E-state index in [0.717, 1.165) is 16.8 Å². The Morgan fingerprint density at radius 2 is 2.00 bits per heavy atom. The molecule has 0 aliphatic rings. The number of nitrogen functional groups attached to an aromatic ring is 1. The van der Waals surface area contributed by atoms with Crippen molar-refractivity contribution >= 4 is 5.69 Å². The Labute approximate surface area is 93.2 Å². The smallest absolute Gasteiger partial charge is 0.345 e. The summed E-state index contributed by atoms with van der Waals surface area (Å²) in [5, 5.41) is 0. The van der Waals surface area contributed by atoms with E-state index in [9.17, 15) is 4.79 Å². The molecule has 0 saturated carbocycles. The molecular weight excluding hydrogens is 202 g/mol. The Balaban J connectivity index is 2.66. The van der Waals surface area contributed by atoms with Gasteiger partial charge in [-0.1, -0.05) is 11.6 Å². The van der Waals surface area contributed by atoms with E-state index in [1.165, 1.54) is 0 Å². The van der Waals surface area contributed by atoms with E-state index in [1.54, 1.807) is 0 Å². The maximum absolute atomic E-state index is 11.3. The van der Waals surface area contributed by atoms with Gasteiger partial charge in [0.25, 0.3) is 0 Å². The molecule has 0 atom stereocenters. The van der Waals surface area contributed by atoms with Gasteiger partial charge in [0.2, 0.25) is 0 Å². The van der Waals surface area contributed by atoms with Crippen LogP contribution in [0, 0.1) is 13.8 Å². The summed E-state index contributed by atoms with van der Waals surface area (Å²) in [4.78, 5) is 17.8. The Morgan fingerprint density at radius 1 is 1.25 bits per heavy atom. The van der Waals surface area contributed by atoms with Crippen LogP contribution in [0.1, 0.15) is 11.3 Å². The zero-order valence-corrected chi connectivity index (χ0v) is 9.24. The average molecular weight is 215 g/mol. The molecule has 0 saturated heterocycles. The topological polar surface area (TPSA) is 71.8 Å². The molecule has 2 rings (SSSR count). The third-order valence-corrected chi connectivity index (χ3v) is 2.36. The van der Waals surface area contributed by atoms with E-state index in [0.29, 0.717) is 11.4 Å². The Hall–Kier alpha value is -2.10. The lowest BCUT2D eigenvalue weighted by Gasteiger charge is -2.06. The van der Waals surface area contributed by atoms with Crippen LogP contribution in [0.5, 0.6) is 0 Å². The van der Waals surface area contributed by atoms with Crippen LogP contribution in [0.3, 0.4) is 0 Å². The molecule has 3 N–H and O–H groups in total. The number of aromatic amines is 1. The fraction of sp³-hybridized carbons (Fsp3) is 0.167. The van der Waals surface area contributed by atoms with Crippen LogP contribution >= 0.6 is 0 Å². The molecule has 0 unspecified atom stereocenters. The number of rotatable bonds is 1. The fourth-order valence-electron chi connectivity index (χ4n) is 1.61. The molecule has 0 spiro atoms. The summed E-state index contributed by atoms with van der Waals surface area (Å²) >= 11 is 0. The monoisotopic (exact) mass is 215 g/mol. The van der Waals surface area contributed by atoms with Crippen LogP contribution in [-0.4, -0.2) is 9.97 Å². The molecule has 2 aromatic rings. The third kappa shape index (κ3) is 1.95. The molecule has 1 aromatic heterocycles. The zero-order valence-electron chi connectivity index (χ0n) is 9.24. The van der Waals surface area contributed by atoms with E-state index >= 15 is 0 Å². The van der Waals surface area contributed by atoms with Crippen molar-refractivity contribution in [1.82, 2.24) is 9.97 Å². The van der Waals surface area contributed by atoms with Gasteiger partial charge in [-0.2, -0.15) is 4.98 Å². The summed E-state index contributed by atoms with van der Waals surface area (Å²) in [5.74, 6) is 0. The number of hydrogen-bond acceptors (Lipinski definition) is 3. The van der Waals surface area contributed by atoms with Gasteiger partial charge in [0.1, 0.15) is 0 Å². The molecule has 0 aliphatic carbocycles. The first-order chi connectivity index (χ1) is 7.56. The highest BCUT2D eigenvalue weighted by molar-refractivity contribution is 5.74. The number of benzene rings is 1. The molecule has 4 nitrogen and oxygen atoms in total. The highest BCUT2D eigenvalue weighted by atomic mass is 16.1. The van der Waals surface area contributed by atoms with Gasteiger partial charge < -0.3 is 10.7 Å². The molecule has 0 amide bonds. The van der Waals surface area contributed by atoms with Crippen molar-refractivity contribution in [1.29, 1.82) is 0 Å². The highest BCUT2D eigenvalue weighted by Gasteiger charge is 2.05. The molecule has 0 fully saturated rings. The molecule has 16 heavy (non-hydrogen) atoms. The number of nitrogens with one attached hydrogen (secondary N) is 1. The van der Waals surface area contributed by atoms with Crippen molar-refractivity contribution in [2.75, 3.05) is 5.73 Å². The minimum absolute atomic E-state index is 0.351. The number of aromatic nitrogens is 2. The number of anilines is 1. The normalized spacial score (nSPS) is 10.4. The molecule has 1 heterocycles. The Bertz CT molecular complexity index is 587. The summed E-state index contributed by atoms with van der Waals surface area (Å²) in [6, 6.07) is 7.49. The second-order valence-electron chi connectivity index (χ2n) is 3.85. The van der Waals surface area contributed by atoms with Crippen molar-refractivity contribution in [3.8, 4) is 11.3 Å². The van der Waals surface area contributed by atoms with Crippen LogP contribution in [0.25, 0.3) is 11.3 Å². The van der Waals surface area contributed by atoms with Crippen molar-refractivity contribution < 1.29 is 0 Å². The molecule has 4 heteroatoms. The predicted molar refractivity (Wildman–Crippen MR) is 64.2 cm³/mol.